The lowest BCUT2D eigenvalue weighted by atomic mass is 10.0. The summed E-state index contributed by atoms with van der Waals surface area (Å²) in [6.07, 6.45) is 3.76. The zero-order chi connectivity index (χ0) is 33.6. The van der Waals surface area contributed by atoms with Crippen molar-refractivity contribution in [3.8, 4) is 11.5 Å². The molecule has 1 aliphatic heterocycles. The number of H-pyrrole nitrogens is 1. The van der Waals surface area contributed by atoms with Crippen LogP contribution in [0.5, 0.6) is 11.5 Å². The van der Waals surface area contributed by atoms with Crippen LogP contribution in [0, 0.1) is 5.92 Å². The first kappa shape index (κ1) is 34.8. The largest absolute Gasteiger partial charge is 0.489 e. The van der Waals surface area contributed by atoms with Gasteiger partial charge in [-0.1, -0.05) is 29.3 Å². The van der Waals surface area contributed by atoms with Crippen LogP contribution in [-0.4, -0.2) is 71.3 Å². The lowest BCUT2D eigenvalue weighted by Gasteiger charge is -2.26. The summed E-state index contributed by atoms with van der Waals surface area (Å²) >= 11 is 12.7. The molecule has 2 aromatic carbocycles. The molecular weight excluding hydrogens is 683 g/mol. The molecule has 16 heteroatoms. The Bertz CT molecular complexity index is 1670. The minimum absolute atomic E-state index is 0.0330. The number of aromatic nitrogens is 1. The molecule has 1 saturated heterocycles. The molecule has 2 fully saturated rings. The Morgan fingerprint density at radius 3 is 2.34 bits per heavy atom. The molecule has 252 valence electrons. The van der Waals surface area contributed by atoms with Crippen LogP contribution >= 0.6 is 23.2 Å². The standard InChI is InChI=1S/C31H31Cl2F2N3O8S/c32-24-15-36-16-25(33)23(24)14-27(21-5-8-26(46-31(34)35)28(13-21)44-18-19-1-2-19)45-29(39)17-37-47(41,42)22-6-3-20(4-7-22)30(40)38-9-11-43-12-10-38/h3-8,13,15-16,19,27,31,37H,1-2,9-12,14,17-18H2/p+1/t27-/m0/s1. The second-order valence-electron chi connectivity index (χ2n) is 10.9. The highest BCUT2D eigenvalue weighted by atomic mass is 35.5. The van der Waals surface area contributed by atoms with E-state index in [1.165, 1.54) is 54.9 Å². The SMILES string of the molecule is O=C(CNS(=O)(=O)c1ccc(C(=O)N2CCOCC2)cc1)O[C@@H](Cc1c(Cl)c[nH+]cc1Cl)c1ccc(OC(F)F)c(OCC2CC2)c1. The van der Waals surface area contributed by atoms with E-state index in [0.717, 1.165) is 12.8 Å². The fourth-order valence-corrected chi connectivity index (χ4v) is 6.27. The molecule has 1 aromatic heterocycles. The van der Waals surface area contributed by atoms with Crippen LogP contribution in [0.1, 0.15) is 40.4 Å². The lowest BCUT2D eigenvalue weighted by molar-refractivity contribution is -0.377. The van der Waals surface area contributed by atoms with E-state index in [2.05, 4.69) is 14.4 Å². The number of amides is 1. The van der Waals surface area contributed by atoms with Gasteiger partial charge < -0.3 is 23.8 Å². The molecule has 0 unspecified atom stereocenters. The third kappa shape index (κ3) is 9.51. The summed E-state index contributed by atoms with van der Waals surface area (Å²) in [5.74, 6) is -1.04. The average molecular weight is 716 g/mol. The average Bonchev–Trinajstić information content (AvgIpc) is 3.89. The van der Waals surface area contributed by atoms with Crippen LogP contribution in [0.4, 0.5) is 8.78 Å². The van der Waals surface area contributed by atoms with Crippen molar-refractivity contribution in [3.05, 3.63) is 81.6 Å². The monoisotopic (exact) mass is 714 g/mol. The number of hydrogen-bond acceptors (Lipinski definition) is 8. The van der Waals surface area contributed by atoms with Gasteiger partial charge in [0.15, 0.2) is 23.9 Å². The Morgan fingerprint density at radius 2 is 1.70 bits per heavy atom. The topological polar surface area (TPSA) is 135 Å². The Balaban J connectivity index is 1.31. The van der Waals surface area contributed by atoms with Crippen molar-refractivity contribution in [1.82, 2.24) is 9.62 Å². The van der Waals surface area contributed by atoms with Gasteiger partial charge >= 0.3 is 12.6 Å². The van der Waals surface area contributed by atoms with Gasteiger partial charge in [-0.25, -0.2) is 13.4 Å². The Kier molecular flexibility index (Phi) is 11.5. The molecule has 2 N–H and O–H groups in total. The zero-order valence-electron chi connectivity index (χ0n) is 24.9. The number of hydrogen-bond donors (Lipinski definition) is 1. The third-order valence-corrected chi connectivity index (χ3v) is 9.59. The molecule has 2 aliphatic rings. The number of pyridine rings is 1. The summed E-state index contributed by atoms with van der Waals surface area (Å²) in [6, 6.07) is 9.48. The maximum atomic E-state index is 13.1. The van der Waals surface area contributed by atoms with Gasteiger partial charge in [0.25, 0.3) is 5.91 Å². The molecule has 47 heavy (non-hydrogen) atoms. The summed E-state index contributed by atoms with van der Waals surface area (Å²) in [4.78, 5) is 30.0. The van der Waals surface area contributed by atoms with Crippen LogP contribution in [0.15, 0.2) is 59.8 Å². The summed E-state index contributed by atoms with van der Waals surface area (Å²) in [5.41, 5.74) is 1.08. The van der Waals surface area contributed by atoms with Gasteiger partial charge in [-0.2, -0.15) is 13.5 Å². The third-order valence-electron chi connectivity index (χ3n) is 7.50. The smallest absolute Gasteiger partial charge is 0.387 e. The minimum Gasteiger partial charge on any atom is -0.489 e. The fraction of sp³-hybridized carbons (Fsp3) is 0.387. The number of morpholine rings is 1. The first-order valence-corrected chi connectivity index (χ1v) is 17.0. The van der Waals surface area contributed by atoms with Crippen molar-refractivity contribution in [3.63, 3.8) is 0 Å². The van der Waals surface area contributed by atoms with E-state index in [9.17, 15) is 26.8 Å². The highest BCUT2D eigenvalue weighted by Crippen LogP contribution is 2.37. The normalized spacial score (nSPS) is 15.7. The van der Waals surface area contributed by atoms with Crippen molar-refractivity contribution < 1.29 is 50.7 Å². The van der Waals surface area contributed by atoms with Crippen LogP contribution in [0.25, 0.3) is 0 Å². The second kappa shape index (κ2) is 15.6. The van der Waals surface area contributed by atoms with Crippen LogP contribution < -0.4 is 19.2 Å². The molecule has 5 rings (SSSR count). The van der Waals surface area contributed by atoms with Gasteiger partial charge in [0, 0.05) is 30.6 Å². The summed E-state index contributed by atoms with van der Waals surface area (Å²) in [5, 5.41) is 0.496. The summed E-state index contributed by atoms with van der Waals surface area (Å²) in [6.45, 7) is -1.81. The van der Waals surface area contributed by atoms with E-state index in [1.54, 1.807) is 4.90 Å². The number of esters is 1. The molecule has 11 nitrogen and oxygen atoms in total. The first-order chi connectivity index (χ1) is 22.5. The van der Waals surface area contributed by atoms with Gasteiger partial charge in [0.05, 0.1) is 24.7 Å². The molecule has 0 radical (unpaired) electrons. The summed E-state index contributed by atoms with van der Waals surface area (Å²) < 4.78 is 75.8. The Morgan fingerprint density at radius 1 is 1.02 bits per heavy atom. The van der Waals surface area contributed by atoms with E-state index < -0.39 is 35.3 Å². The number of aromatic amines is 1. The minimum atomic E-state index is -4.18. The van der Waals surface area contributed by atoms with E-state index >= 15 is 0 Å². The van der Waals surface area contributed by atoms with Gasteiger partial charge in [0.2, 0.25) is 10.0 Å². The molecule has 2 heterocycles. The zero-order valence-corrected chi connectivity index (χ0v) is 27.3. The van der Waals surface area contributed by atoms with Crippen molar-refractivity contribution in [2.24, 2.45) is 5.92 Å². The number of halogens is 4. The maximum Gasteiger partial charge on any atom is 0.387 e. The molecule has 3 aromatic rings. The number of carbonyl (C=O) groups is 2. The maximum absolute atomic E-state index is 13.1. The van der Waals surface area contributed by atoms with Gasteiger partial charge in [-0.05, 0) is 60.7 Å². The van der Waals surface area contributed by atoms with Gasteiger partial charge in [0.1, 0.15) is 22.7 Å². The van der Waals surface area contributed by atoms with Crippen LogP contribution in [0.3, 0.4) is 0 Å². The highest BCUT2D eigenvalue weighted by Gasteiger charge is 2.27. The number of ether oxygens (including phenoxy) is 4. The lowest BCUT2D eigenvalue weighted by Crippen LogP contribution is -2.40. The number of sulfonamides is 1. The van der Waals surface area contributed by atoms with Crippen molar-refractivity contribution in [2.45, 2.75) is 36.9 Å². The molecule has 0 spiro atoms. The predicted octanol–water partition coefficient (Wildman–Crippen LogP) is 4.48. The molecule has 1 saturated carbocycles. The molecule has 1 atom stereocenters. The van der Waals surface area contributed by atoms with Crippen molar-refractivity contribution in [1.29, 1.82) is 0 Å². The summed E-state index contributed by atoms with van der Waals surface area (Å²) in [7, 11) is -4.18. The number of benzene rings is 2. The number of carbonyl (C=O) groups excluding carboxylic acids is 2. The quantitative estimate of drug-likeness (QED) is 0.242. The van der Waals surface area contributed by atoms with Gasteiger partial charge in [-0.15, -0.1) is 0 Å². The van der Waals surface area contributed by atoms with E-state index in [4.69, 9.17) is 37.4 Å². The highest BCUT2D eigenvalue weighted by molar-refractivity contribution is 7.89. The number of nitrogens with one attached hydrogen (secondary N) is 2. The van der Waals surface area contributed by atoms with Crippen LogP contribution in [0.2, 0.25) is 10.0 Å². The van der Waals surface area contributed by atoms with E-state index in [-0.39, 0.29) is 38.8 Å². The molecular formula is C31H32Cl2F2N3O8S+. The number of alkyl halides is 2. The molecule has 1 aliphatic carbocycles. The Labute approximate surface area is 280 Å². The van der Waals surface area contributed by atoms with E-state index in [1.807, 2.05) is 0 Å². The molecule has 1 amide bonds. The van der Waals surface area contributed by atoms with E-state index in [0.29, 0.717) is 55.5 Å². The predicted molar refractivity (Wildman–Crippen MR) is 165 cm³/mol. The second-order valence-corrected chi connectivity index (χ2v) is 13.5. The molecule has 0 bridgehead atoms. The van der Waals surface area contributed by atoms with Crippen molar-refractivity contribution >= 4 is 45.1 Å². The fourth-order valence-electron chi connectivity index (χ4n) is 4.77. The van der Waals surface area contributed by atoms with Crippen molar-refractivity contribution in [2.75, 3.05) is 39.5 Å². The van der Waals surface area contributed by atoms with Gasteiger partial charge in [-0.3, -0.25) is 9.59 Å². The first-order valence-electron chi connectivity index (χ1n) is 14.7. The number of nitrogens with zero attached hydrogens (tertiary/aromatic N) is 1. The number of rotatable bonds is 14. The van der Waals surface area contributed by atoms with Crippen LogP contribution in [-0.2, 0) is 30.7 Å². The Hall–Kier alpha value is -3.56.